The van der Waals surface area contributed by atoms with Crippen LogP contribution in [0.5, 0.6) is 0 Å². The van der Waals surface area contributed by atoms with E-state index in [4.69, 9.17) is 0 Å². The number of hydrogen-bond donors (Lipinski definition) is 2. The molecule has 2 rings (SSSR count). The minimum atomic E-state index is -3.48. The van der Waals surface area contributed by atoms with Gasteiger partial charge < -0.3 is 5.11 Å². The van der Waals surface area contributed by atoms with Gasteiger partial charge in [-0.1, -0.05) is 19.1 Å². The van der Waals surface area contributed by atoms with E-state index in [1.54, 1.807) is 19.1 Å². The summed E-state index contributed by atoms with van der Waals surface area (Å²) < 4.78 is 27.2. The Morgan fingerprint density at radius 2 is 2.05 bits per heavy atom. The first-order chi connectivity index (χ1) is 9.94. The molecule has 1 aliphatic heterocycles. The third-order valence-electron chi connectivity index (χ3n) is 4.09. The molecule has 1 heterocycles. The van der Waals surface area contributed by atoms with Crippen LogP contribution in [0.4, 0.5) is 0 Å². The van der Waals surface area contributed by atoms with Gasteiger partial charge in [-0.25, -0.2) is 13.1 Å². The zero-order valence-corrected chi connectivity index (χ0v) is 13.4. The Morgan fingerprint density at radius 3 is 2.62 bits per heavy atom. The van der Waals surface area contributed by atoms with E-state index in [0.717, 1.165) is 25.9 Å². The first kappa shape index (κ1) is 16.4. The molecule has 0 radical (unpaired) electrons. The van der Waals surface area contributed by atoms with Gasteiger partial charge in [0.2, 0.25) is 10.0 Å². The van der Waals surface area contributed by atoms with E-state index in [1.165, 1.54) is 12.1 Å². The van der Waals surface area contributed by atoms with Gasteiger partial charge in [-0.2, -0.15) is 0 Å². The topological polar surface area (TPSA) is 69.6 Å². The lowest BCUT2D eigenvalue weighted by molar-refractivity contribution is 0.199. The smallest absolute Gasteiger partial charge is 0.240 e. The van der Waals surface area contributed by atoms with Crippen molar-refractivity contribution in [2.45, 2.75) is 43.7 Å². The second kappa shape index (κ2) is 6.87. The van der Waals surface area contributed by atoms with Crippen LogP contribution in [0.3, 0.4) is 0 Å². The molecule has 1 aromatic carbocycles. The Labute approximate surface area is 127 Å². The molecule has 0 bridgehead atoms. The van der Waals surface area contributed by atoms with Crippen LogP contribution in [0.2, 0.25) is 0 Å². The second-order valence-electron chi connectivity index (χ2n) is 5.52. The van der Waals surface area contributed by atoms with Gasteiger partial charge in [0.25, 0.3) is 0 Å². The maximum absolute atomic E-state index is 12.3. The molecule has 0 aromatic heterocycles. The van der Waals surface area contributed by atoms with Crippen molar-refractivity contribution in [3.63, 3.8) is 0 Å². The summed E-state index contributed by atoms with van der Waals surface area (Å²) in [7, 11) is -3.48. The highest BCUT2D eigenvalue weighted by molar-refractivity contribution is 7.89. The van der Waals surface area contributed by atoms with Gasteiger partial charge in [-0.3, -0.25) is 4.90 Å². The number of nitrogens with one attached hydrogen (secondary N) is 1. The molecule has 0 aliphatic carbocycles. The summed E-state index contributed by atoms with van der Waals surface area (Å²) in [6.07, 6.45) is 1.58. The van der Waals surface area contributed by atoms with Gasteiger partial charge in [-0.05, 0) is 50.6 Å². The number of aliphatic hydroxyl groups excluding tert-OH is 1. The Bertz CT molecular complexity index is 555. The van der Waals surface area contributed by atoms with Crippen LogP contribution in [0.15, 0.2) is 29.2 Å². The van der Waals surface area contributed by atoms with Crippen molar-refractivity contribution < 1.29 is 13.5 Å². The molecule has 1 aliphatic rings. The molecule has 0 saturated carbocycles. The molecule has 2 atom stereocenters. The minimum Gasteiger partial charge on any atom is -0.389 e. The highest BCUT2D eigenvalue weighted by Crippen LogP contribution is 2.18. The first-order valence-electron chi connectivity index (χ1n) is 7.45. The number of rotatable bonds is 6. The number of likely N-dealkylation sites (tertiary alicyclic amines) is 1. The lowest BCUT2D eigenvalue weighted by Gasteiger charge is -2.22. The number of aliphatic hydroxyl groups is 1. The van der Waals surface area contributed by atoms with E-state index in [9.17, 15) is 13.5 Å². The van der Waals surface area contributed by atoms with Crippen molar-refractivity contribution in [2.75, 3.05) is 19.6 Å². The lowest BCUT2D eigenvalue weighted by Crippen LogP contribution is -2.39. The lowest BCUT2D eigenvalue weighted by atomic mass is 10.1. The van der Waals surface area contributed by atoms with Crippen LogP contribution < -0.4 is 4.72 Å². The van der Waals surface area contributed by atoms with Gasteiger partial charge in [0.1, 0.15) is 0 Å². The fourth-order valence-electron chi connectivity index (χ4n) is 2.76. The van der Waals surface area contributed by atoms with Gasteiger partial charge in [0, 0.05) is 12.6 Å². The van der Waals surface area contributed by atoms with E-state index in [-0.39, 0.29) is 4.90 Å². The molecule has 1 aromatic rings. The molecule has 6 heteroatoms. The average molecular weight is 312 g/mol. The molecular weight excluding hydrogens is 288 g/mol. The maximum atomic E-state index is 12.3. The van der Waals surface area contributed by atoms with Crippen LogP contribution >= 0.6 is 0 Å². The van der Waals surface area contributed by atoms with Crippen molar-refractivity contribution in [3.05, 3.63) is 29.8 Å². The van der Waals surface area contributed by atoms with E-state index in [0.29, 0.717) is 18.2 Å². The van der Waals surface area contributed by atoms with Crippen molar-refractivity contribution in [2.24, 2.45) is 0 Å². The van der Waals surface area contributed by atoms with Crippen LogP contribution in [-0.4, -0.2) is 44.1 Å². The monoisotopic (exact) mass is 312 g/mol. The van der Waals surface area contributed by atoms with Crippen LogP contribution in [0, 0.1) is 0 Å². The predicted octanol–water partition coefficient (Wildman–Crippen LogP) is 1.50. The highest BCUT2D eigenvalue weighted by atomic mass is 32.2. The van der Waals surface area contributed by atoms with Crippen molar-refractivity contribution in [1.82, 2.24) is 9.62 Å². The number of hydrogen-bond acceptors (Lipinski definition) is 4. The Kier molecular flexibility index (Phi) is 5.37. The second-order valence-corrected chi connectivity index (χ2v) is 7.29. The first-order valence-corrected chi connectivity index (χ1v) is 8.94. The number of benzene rings is 1. The largest absolute Gasteiger partial charge is 0.389 e. The summed E-state index contributed by atoms with van der Waals surface area (Å²) in [5.41, 5.74) is 0.710. The highest BCUT2D eigenvalue weighted by Gasteiger charge is 2.25. The Morgan fingerprint density at radius 1 is 1.38 bits per heavy atom. The predicted molar refractivity (Wildman–Crippen MR) is 82.5 cm³/mol. The maximum Gasteiger partial charge on any atom is 0.240 e. The summed E-state index contributed by atoms with van der Waals surface area (Å²) in [4.78, 5) is 2.55. The molecule has 5 nitrogen and oxygen atoms in total. The summed E-state index contributed by atoms with van der Waals surface area (Å²) in [5.74, 6) is 0. The normalized spacial score (nSPS) is 21.6. The van der Waals surface area contributed by atoms with E-state index in [1.807, 2.05) is 0 Å². The van der Waals surface area contributed by atoms with Crippen LogP contribution in [0.1, 0.15) is 38.4 Å². The summed E-state index contributed by atoms with van der Waals surface area (Å²) in [6.45, 7) is 6.21. The molecule has 1 saturated heterocycles. The van der Waals surface area contributed by atoms with Gasteiger partial charge in [0.15, 0.2) is 0 Å². The van der Waals surface area contributed by atoms with Crippen LogP contribution in [-0.2, 0) is 10.0 Å². The summed E-state index contributed by atoms with van der Waals surface area (Å²) in [6, 6.07) is 6.66. The molecule has 118 valence electrons. The number of nitrogens with zero attached hydrogens (tertiary/aromatic N) is 1. The molecular formula is C15H24N2O3S. The molecule has 1 fully saturated rings. The molecule has 2 N–H and O–H groups in total. The molecule has 2 unspecified atom stereocenters. The zero-order valence-electron chi connectivity index (χ0n) is 12.6. The fraction of sp³-hybridized carbons (Fsp3) is 0.600. The van der Waals surface area contributed by atoms with E-state index in [2.05, 4.69) is 16.5 Å². The van der Waals surface area contributed by atoms with E-state index < -0.39 is 16.1 Å². The van der Waals surface area contributed by atoms with E-state index >= 15 is 0 Å². The van der Waals surface area contributed by atoms with Gasteiger partial charge in [0.05, 0.1) is 11.0 Å². The molecule has 0 amide bonds. The number of sulfonamides is 1. The zero-order chi connectivity index (χ0) is 15.5. The van der Waals surface area contributed by atoms with Crippen molar-refractivity contribution in [3.8, 4) is 0 Å². The molecule has 0 spiro atoms. The number of likely N-dealkylation sites (N-methyl/N-ethyl adjacent to an activating group) is 1. The van der Waals surface area contributed by atoms with Crippen molar-refractivity contribution >= 4 is 10.0 Å². The minimum absolute atomic E-state index is 0.243. The fourth-order valence-corrected chi connectivity index (χ4v) is 3.83. The van der Waals surface area contributed by atoms with Gasteiger partial charge in [-0.15, -0.1) is 0 Å². The quantitative estimate of drug-likeness (QED) is 0.835. The summed E-state index contributed by atoms with van der Waals surface area (Å²) >= 11 is 0. The summed E-state index contributed by atoms with van der Waals surface area (Å²) in [5, 5.41) is 9.45. The van der Waals surface area contributed by atoms with Crippen LogP contribution in [0.25, 0.3) is 0 Å². The third kappa shape index (κ3) is 4.03. The SMILES string of the molecule is CCN1CCCC1CNS(=O)(=O)c1ccc(C(C)O)cc1. The molecule has 21 heavy (non-hydrogen) atoms. The average Bonchev–Trinajstić information content (AvgIpc) is 2.93. The standard InChI is InChI=1S/C15H24N2O3S/c1-3-17-10-4-5-14(17)11-16-21(19,20)15-8-6-13(7-9-15)12(2)18/h6-9,12,14,16,18H,3-5,10-11H2,1-2H3. The Hall–Kier alpha value is -0.950. The third-order valence-corrected chi connectivity index (χ3v) is 5.53. The van der Waals surface area contributed by atoms with Gasteiger partial charge >= 0.3 is 0 Å². The Balaban J connectivity index is 2.01. The van der Waals surface area contributed by atoms with Crippen molar-refractivity contribution in [1.29, 1.82) is 0 Å².